The van der Waals surface area contributed by atoms with E-state index in [9.17, 15) is 19.8 Å². The molecular weight excluding hydrogens is 238 g/mol. The number of Topliss-reactive ketones (excluding diaryl/α,β-unsaturated/α-hetero) is 1. The third kappa shape index (κ3) is 2.34. The minimum Gasteiger partial charge on any atom is -0.508 e. The number of phenolic OH excluding ortho intramolecular Hbond substituents is 1. The first-order chi connectivity index (χ1) is 8.49. The lowest BCUT2D eigenvalue weighted by Crippen LogP contribution is -2.35. The number of aromatic hydroxyl groups is 1. The number of phenols is 1. The molecule has 0 bridgehead atoms. The number of likely N-dealkylation sites (tertiary alicyclic amines) is 1. The fourth-order valence-electron chi connectivity index (χ4n) is 1.82. The van der Waals surface area contributed by atoms with E-state index in [1.54, 1.807) is 0 Å². The fraction of sp³-hybridized carbons (Fsp3) is 0.333. The number of benzene rings is 1. The molecule has 3 N–H and O–H groups in total. The summed E-state index contributed by atoms with van der Waals surface area (Å²) in [6, 6.07) is 5.32. The topological polar surface area (TPSA) is 98.1 Å². The van der Waals surface area contributed by atoms with Gasteiger partial charge in [0, 0.05) is 18.7 Å². The zero-order valence-corrected chi connectivity index (χ0v) is 9.48. The third-order valence-electron chi connectivity index (χ3n) is 2.87. The Labute approximate surface area is 103 Å². The lowest BCUT2D eigenvalue weighted by Gasteiger charge is -2.13. The maximum absolute atomic E-state index is 11.8. The smallest absolute Gasteiger partial charge is 0.295 e. The first-order valence-corrected chi connectivity index (χ1v) is 5.48. The van der Waals surface area contributed by atoms with Gasteiger partial charge in [0.15, 0.2) is 0 Å². The zero-order chi connectivity index (χ0) is 13.3. The van der Waals surface area contributed by atoms with Gasteiger partial charge in [-0.3, -0.25) is 9.59 Å². The first-order valence-electron chi connectivity index (χ1n) is 5.48. The number of ketones is 1. The summed E-state index contributed by atoms with van der Waals surface area (Å²) in [4.78, 5) is 24.7. The summed E-state index contributed by atoms with van der Waals surface area (Å²) in [7, 11) is 0. The second-order valence-corrected chi connectivity index (χ2v) is 4.22. The molecule has 1 aliphatic heterocycles. The molecule has 0 aliphatic carbocycles. The molecular formula is C12H13NO5. The van der Waals surface area contributed by atoms with Crippen LogP contribution in [0.1, 0.15) is 10.4 Å². The number of hydrogen-bond acceptors (Lipinski definition) is 5. The van der Waals surface area contributed by atoms with Gasteiger partial charge in [0.05, 0.1) is 12.2 Å². The molecule has 1 heterocycles. The molecule has 96 valence electrons. The molecule has 2 atom stereocenters. The van der Waals surface area contributed by atoms with Crippen molar-refractivity contribution >= 4 is 11.7 Å². The summed E-state index contributed by atoms with van der Waals surface area (Å²) in [6.07, 6.45) is -2.02. The summed E-state index contributed by atoms with van der Waals surface area (Å²) >= 11 is 0. The average molecular weight is 251 g/mol. The van der Waals surface area contributed by atoms with Crippen molar-refractivity contribution in [3.05, 3.63) is 29.8 Å². The summed E-state index contributed by atoms with van der Waals surface area (Å²) in [5, 5.41) is 27.7. The Morgan fingerprint density at radius 2 is 1.56 bits per heavy atom. The summed E-state index contributed by atoms with van der Waals surface area (Å²) in [5.74, 6) is -1.49. The molecule has 0 spiro atoms. The average Bonchev–Trinajstić information content (AvgIpc) is 2.69. The van der Waals surface area contributed by atoms with Gasteiger partial charge in [-0.05, 0) is 24.3 Å². The predicted molar refractivity (Wildman–Crippen MR) is 61.0 cm³/mol. The van der Waals surface area contributed by atoms with Crippen LogP contribution in [0.15, 0.2) is 24.3 Å². The Bertz CT molecular complexity index is 460. The molecule has 1 aromatic carbocycles. The van der Waals surface area contributed by atoms with Crippen LogP contribution in [0.5, 0.6) is 5.75 Å². The summed E-state index contributed by atoms with van der Waals surface area (Å²) < 4.78 is 0. The first kappa shape index (κ1) is 12.5. The summed E-state index contributed by atoms with van der Waals surface area (Å²) in [6.45, 7) is -0.104. The van der Waals surface area contributed by atoms with Crippen LogP contribution in [0.4, 0.5) is 0 Å². The van der Waals surface area contributed by atoms with Gasteiger partial charge in [-0.1, -0.05) is 0 Å². The minimum absolute atomic E-state index is 0.00557. The van der Waals surface area contributed by atoms with Crippen LogP contribution in [0.25, 0.3) is 0 Å². The molecule has 1 aromatic rings. The van der Waals surface area contributed by atoms with Crippen molar-refractivity contribution in [3.8, 4) is 5.75 Å². The number of β-amino-alcohol motifs (C(OH)–C–C–N with tert-alkyl or cyclic N) is 2. The molecule has 6 nitrogen and oxygen atoms in total. The monoisotopic (exact) mass is 251 g/mol. The van der Waals surface area contributed by atoms with Crippen LogP contribution in [-0.4, -0.2) is 57.2 Å². The second-order valence-electron chi connectivity index (χ2n) is 4.22. The van der Waals surface area contributed by atoms with Crippen LogP contribution >= 0.6 is 0 Å². The van der Waals surface area contributed by atoms with E-state index in [1.807, 2.05) is 0 Å². The number of aliphatic hydroxyl groups excluding tert-OH is 2. The van der Waals surface area contributed by atoms with Gasteiger partial charge in [-0.25, -0.2) is 0 Å². The van der Waals surface area contributed by atoms with E-state index >= 15 is 0 Å². The minimum atomic E-state index is -1.01. The normalized spacial score (nSPS) is 23.1. The highest BCUT2D eigenvalue weighted by atomic mass is 16.3. The van der Waals surface area contributed by atoms with Gasteiger partial charge in [0.2, 0.25) is 5.78 Å². The van der Waals surface area contributed by atoms with E-state index in [1.165, 1.54) is 24.3 Å². The molecule has 0 unspecified atom stereocenters. The van der Waals surface area contributed by atoms with E-state index < -0.39 is 23.9 Å². The number of amides is 1. The van der Waals surface area contributed by atoms with Crippen LogP contribution < -0.4 is 0 Å². The van der Waals surface area contributed by atoms with Crippen molar-refractivity contribution in [1.82, 2.24) is 4.90 Å². The molecule has 0 aromatic heterocycles. The Morgan fingerprint density at radius 1 is 1.06 bits per heavy atom. The quantitative estimate of drug-likeness (QED) is 0.469. The standard InChI is InChI=1S/C12H13NO5/c14-8-3-1-7(2-4-8)11(17)12(18)13-5-9(15)10(16)6-13/h1-4,9-10,14-16H,5-6H2/t9-,10-/m1/s1. The molecule has 0 radical (unpaired) electrons. The number of carbonyl (C=O) groups excluding carboxylic acids is 2. The van der Waals surface area contributed by atoms with E-state index in [2.05, 4.69) is 0 Å². The van der Waals surface area contributed by atoms with Gasteiger partial charge in [0.1, 0.15) is 5.75 Å². The fourth-order valence-corrected chi connectivity index (χ4v) is 1.82. The van der Waals surface area contributed by atoms with Crippen molar-refractivity contribution in [2.24, 2.45) is 0 Å². The maximum atomic E-state index is 11.8. The van der Waals surface area contributed by atoms with Gasteiger partial charge in [-0.15, -0.1) is 0 Å². The Morgan fingerprint density at radius 3 is 2.06 bits per heavy atom. The van der Waals surface area contributed by atoms with Crippen LogP contribution in [0.3, 0.4) is 0 Å². The highest BCUT2D eigenvalue weighted by Crippen LogP contribution is 2.14. The molecule has 1 amide bonds. The number of carbonyl (C=O) groups is 2. The van der Waals surface area contributed by atoms with Crippen molar-refractivity contribution in [2.45, 2.75) is 12.2 Å². The molecule has 0 saturated carbocycles. The van der Waals surface area contributed by atoms with E-state index in [-0.39, 0.29) is 24.4 Å². The van der Waals surface area contributed by atoms with Crippen molar-refractivity contribution in [2.75, 3.05) is 13.1 Å². The van der Waals surface area contributed by atoms with Crippen LogP contribution in [0, 0.1) is 0 Å². The van der Waals surface area contributed by atoms with Gasteiger partial charge < -0.3 is 20.2 Å². The molecule has 6 heteroatoms. The summed E-state index contributed by atoms with van der Waals surface area (Å²) in [5.41, 5.74) is 0.161. The van der Waals surface area contributed by atoms with E-state index in [0.29, 0.717) is 0 Å². The Hall–Kier alpha value is -1.92. The van der Waals surface area contributed by atoms with E-state index in [4.69, 9.17) is 5.11 Å². The zero-order valence-electron chi connectivity index (χ0n) is 9.48. The van der Waals surface area contributed by atoms with Gasteiger partial charge in [0.25, 0.3) is 5.91 Å². The number of hydrogen-bond donors (Lipinski definition) is 3. The maximum Gasteiger partial charge on any atom is 0.295 e. The van der Waals surface area contributed by atoms with Crippen molar-refractivity contribution in [1.29, 1.82) is 0 Å². The predicted octanol–water partition coefficient (Wildman–Crippen LogP) is -0.861. The van der Waals surface area contributed by atoms with E-state index in [0.717, 1.165) is 4.90 Å². The Balaban J connectivity index is 2.10. The lowest BCUT2D eigenvalue weighted by molar-refractivity contribution is -0.126. The highest BCUT2D eigenvalue weighted by molar-refractivity contribution is 6.42. The van der Waals surface area contributed by atoms with Crippen LogP contribution in [0.2, 0.25) is 0 Å². The largest absolute Gasteiger partial charge is 0.508 e. The lowest BCUT2D eigenvalue weighted by atomic mass is 10.1. The van der Waals surface area contributed by atoms with Crippen LogP contribution in [-0.2, 0) is 4.79 Å². The number of nitrogens with zero attached hydrogens (tertiary/aromatic N) is 1. The Kier molecular flexibility index (Phi) is 3.31. The molecule has 18 heavy (non-hydrogen) atoms. The van der Waals surface area contributed by atoms with Crippen molar-refractivity contribution < 1.29 is 24.9 Å². The molecule has 1 saturated heterocycles. The van der Waals surface area contributed by atoms with Crippen molar-refractivity contribution in [3.63, 3.8) is 0 Å². The highest BCUT2D eigenvalue weighted by Gasteiger charge is 2.35. The van der Waals surface area contributed by atoms with Gasteiger partial charge >= 0.3 is 0 Å². The third-order valence-corrected chi connectivity index (χ3v) is 2.87. The number of rotatable bonds is 2. The number of aliphatic hydroxyl groups is 2. The second kappa shape index (κ2) is 4.75. The van der Waals surface area contributed by atoms with Gasteiger partial charge in [-0.2, -0.15) is 0 Å². The molecule has 2 rings (SSSR count). The SMILES string of the molecule is O=C(C(=O)N1C[C@@H](O)[C@H](O)C1)c1ccc(O)cc1. The molecule has 1 aliphatic rings. The molecule has 1 fully saturated rings.